The molecule has 142 valence electrons. The minimum Gasteiger partial charge on any atom is -0.497 e. The zero-order valence-electron chi connectivity index (χ0n) is 15.5. The van der Waals surface area contributed by atoms with Crippen molar-refractivity contribution in [2.45, 2.75) is 6.61 Å². The summed E-state index contributed by atoms with van der Waals surface area (Å²) >= 11 is 5.27. The Morgan fingerprint density at radius 2 is 1.79 bits per heavy atom. The molecule has 0 amide bonds. The van der Waals surface area contributed by atoms with Gasteiger partial charge in [0.05, 0.1) is 13.3 Å². The molecule has 0 aromatic heterocycles. The van der Waals surface area contributed by atoms with E-state index in [0.717, 1.165) is 28.3 Å². The smallest absolute Gasteiger partial charge is 0.191 e. The number of methoxy groups -OCH3 is 1. The molecule has 5 nitrogen and oxygen atoms in total. The summed E-state index contributed by atoms with van der Waals surface area (Å²) in [5, 5.41) is 7.65. The Morgan fingerprint density at radius 1 is 1.00 bits per heavy atom. The Balaban J connectivity index is 1.57. The lowest BCUT2D eigenvalue weighted by molar-refractivity contribution is 0.306. The fraction of sp³-hybridized carbons (Fsp3) is 0.0909. The first-order valence-corrected chi connectivity index (χ1v) is 9.15. The highest BCUT2D eigenvalue weighted by atomic mass is 32.1. The van der Waals surface area contributed by atoms with Crippen LogP contribution in [0.25, 0.3) is 0 Å². The van der Waals surface area contributed by atoms with Crippen LogP contribution in [0, 0.1) is 0 Å². The van der Waals surface area contributed by atoms with Crippen molar-refractivity contribution >= 4 is 29.2 Å². The second-order valence-electron chi connectivity index (χ2n) is 5.87. The maximum Gasteiger partial charge on any atom is 0.191 e. The zero-order valence-corrected chi connectivity index (χ0v) is 16.3. The van der Waals surface area contributed by atoms with E-state index in [4.69, 9.17) is 21.7 Å². The minimum atomic E-state index is 0.382. The second-order valence-corrected chi connectivity index (χ2v) is 6.28. The summed E-state index contributed by atoms with van der Waals surface area (Å²) in [7, 11) is 1.62. The largest absolute Gasteiger partial charge is 0.497 e. The Labute approximate surface area is 170 Å². The fourth-order valence-electron chi connectivity index (χ4n) is 2.47. The van der Waals surface area contributed by atoms with Gasteiger partial charge in [0.25, 0.3) is 0 Å². The number of hydrogen-bond acceptors (Lipinski definition) is 4. The van der Waals surface area contributed by atoms with E-state index in [9.17, 15) is 0 Å². The number of anilines is 1. The predicted molar refractivity (Wildman–Crippen MR) is 117 cm³/mol. The van der Waals surface area contributed by atoms with Gasteiger partial charge in [0, 0.05) is 17.3 Å². The molecule has 0 bridgehead atoms. The SMILES string of the molecule is COc1cccc(NC(=S)N/N=C\c2ccccc2OCc2ccccc2)c1. The van der Waals surface area contributed by atoms with E-state index in [2.05, 4.69) is 15.8 Å². The van der Waals surface area contributed by atoms with Gasteiger partial charge in [-0.3, -0.25) is 5.43 Å². The molecule has 0 spiro atoms. The first kappa shape index (κ1) is 19.4. The van der Waals surface area contributed by atoms with Crippen molar-refractivity contribution < 1.29 is 9.47 Å². The fourth-order valence-corrected chi connectivity index (χ4v) is 2.64. The van der Waals surface area contributed by atoms with Crippen molar-refractivity contribution in [3.8, 4) is 11.5 Å². The van der Waals surface area contributed by atoms with Gasteiger partial charge in [-0.15, -0.1) is 0 Å². The third kappa shape index (κ3) is 5.82. The highest BCUT2D eigenvalue weighted by Gasteiger charge is 2.02. The van der Waals surface area contributed by atoms with E-state index in [1.807, 2.05) is 78.9 Å². The van der Waals surface area contributed by atoms with Crippen LogP contribution in [0.2, 0.25) is 0 Å². The number of benzene rings is 3. The lowest BCUT2D eigenvalue weighted by atomic mass is 10.2. The van der Waals surface area contributed by atoms with Crippen LogP contribution in [0.5, 0.6) is 11.5 Å². The van der Waals surface area contributed by atoms with Gasteiger partial charge in [-0.2, -0.15) is 5.10 Å². The number of nitrogens with one attached hydrogen (secondary N) is 2. The molecule has 0 unspecified atom stereocenters. The molecule has 3 aromatic rings. The quantitative estimate of drug-likeness (QED) is 0.350. The molecule has 2 N–H and O–H groups in total. The van der Waals surface area contributed by atoms with E-state index in [0.29, 0.717) is 11.7 Å². The van der Waals surface area contributed by atoms with Gasteiger partial charge in [0.15, 0.2) is 5.11 Å². The monoisotopic (exact) mass is 391 g/mol. The highest BCUT2D eigenvalue weighted by molar-refractivity contribution is 7.80. The standard InChI is InChI=1S/C22H21N3O2S/c1-26-20-12-7-11-19(14-20)24-22(28)25-23-15-18-10-5-6-13-21(18)27-16-17-8-3-2-4-9-17/h2-15H,16H2,1H3,(H2,24,25,28)/b23-15-. The number of nitrogens with zero attached hydrogens (tertiary/aromatic N) is 1. The van der Waals surface area contributed by atoms with Crippen molar-refractivity contribution in [2.75, 3.05) is 12.4 Å². The molecule has 0 aliphatic rings. The summed E-state index contributed by atoms with van der Waals surface area (Å²) in [6, 6.07) is 25.2. The van der Waals surface area contributed by atoms with Crippen molar-refractivity contribution in [1.82, 2.24) is 5.43 Å². The van der Waals surface area contributed by atoms with Gasteiger partial charge >= 0.3 is 0 Å². The first-order valence-electron chi connectivity index (χ1n) is 8.74. The molecular weight excluding hydrogens is 370 g/mol. The third-order valence-corrected chi connectivity index (χ3v) is 4.05. The summed E-state index contributed by atoms with van der Waals surface area (Å²) in [4.78, 5) is 0. The van der Waals surface area contributed by atoms with Crippen LogP contribution in [-0.4, -0.2) is 18.4 Å². The average molecular weight is 391 g/mol. The number of para-hydroxylation sites is 1. The summed E-state index contributed by atoms with van der Waals surface area (Å²) in [5.74, 6) is 1.50. The molecule has 0 fully saturated rings. The third-order valence-electron chi connectivity index (χ3n) is 3.85. The van der Waals surface area contributed by atoms with Crippen LogP contribution in [0.1, 0.15) is 11.1 Å². The zero-order chi connectivity index (χ0) is 19.6. The normalized spacial score (nSPS) is 10.5. The van der Waals surface area contributed by atoms with Crippen LogP contribution in [0.15, 0.2) is 84.0 Å². The van der Waals surface area contributed by atoms with Crippen LogP contribution in [0.4, 0.5) is 5.69 Å². The highest BCUT2D eigenvalue weighted by Crippen LogP contribution is 2.18. The average Bonchev–Trinajstić information content (AvgIpc) is 2.74. The number of rotatable bonds is 7. The summed E-state index contributed by atoms with van der Waals surface area (Å²) in [6.07, 6.45) is 1.68. The number of ether oxygens (including phenoxy) is 2. The number of hydrazone groups is 1. The van der Waals surface area contributed by atoms with E-state index >= 15 is 0 Å². The van der Waals surface area contributed by atoms with E-state index < -0.39 is 0 Å². The van der Waals surface area contributed by atoms with Gasteiger partial charge in [-0.1, -0.05) is 48.5 Å². The molecule has 0 aliphatic carbocycles. The summed E-state index contributed by atoms with van der Waals surface area (Å²) in [6.45, 7) is 0.495. The van der Waals surface area contributed by atoms with Crippen molar-refractivity contribution in [2.24, 2.45) is 5.10 Å². The molecule has 28 heavy (non-hydrogen) atoms. The van der Waals surface area contributed by atoms with E-state index in [1.165, 1.54) is 0 Å². The van der Waals surface area contributed by atoms with E-state index in [1.54, 1.807) is 13.3 Å². The van der Waals surface area contributed by atoms with Crippen LogP contribution in [0.3, 0.4) is 0 Å². The molecular formula is C22H21N3O2S. The Hall–Kier alpha value is -3.38. The summed E-state index contributed by atoms with van der Waals surface area (Å²) in [5.41, 5.74) is 5.59. The molecule has 6 heteroatoms. The van der Waals surface area contributed by atoms with Crippen molar-refractivity contribution in [1.29, 1.82) is 0 Å². The predicted octanol–water partition coefficient (Wildman–Crippen LogP) is 4.59. The van der Waals surface area contributed by atoms with Gasteiger partial charge in [-0.05, 0) is 42.0 Å². The van der Waals surface area contributed by atoms with Gasteiger partial charge < -0.3 is 14.8 Å². The van der Waals surface area contributed by atoms with Crippen LogP contribution >= 0.6 is 12.2 Å². The van der Waals surface area contributed by atoms with Crippen molar-refractivity contribution in [3.05, 3.63) is 90.0 Å². The lowest BCUT2D eigenvalue weighted by Gasteiger charge is -2.10. The van der Waals surface area contributed by atoms with Gasteiger partial charge in [0.1, 0.15) is 18.1 Å². The summed E-state index contributed by atoms with van der Waals surface area (Å²) < 4.78 is 11.1. The van der Waals surface area contributed by atoms with Crippen LogP contribution < -0.4 is 20.2 Å². The number of thiocarbonyl (C=S) groups is 1. The molecule has 0 saturated heterocycles. The lowest BCUT2D eigenvalue weighted by Crippen LogP contribution is -2.23. The molecule has 0 radical (unpaired) electrons. The maximum atomic E-state index is 5.92. The number of hydrogen-bond donors (Lipinski definition) is 2. The van der Waals surface area contributed by atoms with Crippen LogP contribution in [-0.2, 0) is 6.61 Å². The maximum absolute atomic E-state index is 5.92. The first-order chi connectivity index (χ1) is 13.7. The molecule has 0 saturated carbocycles. The molecule has 0 aliphatic heterocycles. The molecule has 0 atom stereocenters. The van der Waals surface area contributed by atoms with E-state index in [-0.39, 0.29) is 0 Å². The topological polar surface area (TPSA) is 54.9 Å². The van der Waals surface area contributed by atoms with Crippen molar-refractivity contribution in [3.63, 3.8) is 0 Å². The molecule has 3 aromatic carbocycles. The minimum absolute atomic E-state index is 0.382. The molecule has 3 rings (SSSR count). The molecule has 0 heterocycles. The van der Waals surface area contributed by atoms with Gasteiger partial charge in [-0.25, -0.2) is 0 Å². The Kier molecular flexibility index (Phi) is 6.98. The van der Waals surface area contributed by atoms with Gasteiger partial charge in [0.2, 0.25) is 0 Å². The Bertz CT molecular complexity index is 945. The second kappa shape index (κ2) is 10.1. The Morgan fingerprint density at radius 3 is 2.61 bits per heavy atom.